The summed E-state index contributed by atoms with van der Waals surface area (Å²) in [7, 11) is 0. The van der Waals surface area contributed by atoms with E-state index in [-0.39, 0.29) is 5.88 Å². The van der Waals surface area contributed by atoms with Crippen LogP contribution in [0.25, 0.3) is 0 Å². The Kier molecular flexibility index (Phi) is 3.87. The largest absolute Gasteiger partial charge is 0.193 e. The van der Waals surface area contributed by atoms with E-state index in [0.717, 1.165) is 0 Å². The van der Waals surface area contributed by atoms with Crippen LogP contribution in [-0.2, 0) is 0 Å². The summed E-state index contributed by atoms with van der Waals surface area (Å²) in [4.78, 5) is 0. The number of halogens is 2. The van der Waals surface area contributed by atoms with Gasteiger partial charge in [0.2, 0.25) is 0 Å². The van der Waals surface area contributed by atoms with Gasteiger partial charge in [-0.3, -0.25) is 0 Å². The summed E-state index contributed by atoms with van der Waals surface area (Å²) in [5.74, 6) is 0.194. The quantitative estimate of drug-likeness (QED) is 0.398. The third-order valence-electron chi connectivity index (χ3n) is 0.419. The zero-order chi connectivity index (χ0) is 5.70. The molecule has 0 bridgehead atoms. The van der Waals surface area contributed by atoms with Crippen molar-refractivity contribution >= 4 is 23.2 Å². The molecule has 1 nitrogen and oxygen atoms in total. The van der Waals surface area contributed by atoms with Gasteiger partial charge in [-0.1, -0.05) is 11.6 Å². The highest BCUT2D eigenvalue weighted by Crippen LogP contribution is 1.95. The van der Waals surface area contributed by atoms with Crippen LogP contribution < -0.4 is 0 Å². The van der Waals surface area contributed by atoms with Crippen molar-refractivity contribution in [3.63, 3.8) is 0 Å². The van der Waals surface area contributed by atoms with E-state index in [1.165, 1.54) is 5.54 Å². The summed E-state index contributed by atoms with van der Waals surface area (Å²) >= 11 is 10.3. The minimum atomic E-state index is 0.194. The maximum absolute atomic E-state index is 8.04. The molecule has 0 fully saturated rings. The van der Waals surface area contributed by atoms with Crippen molar-refractivity contribution < 1.29 is 0 Å². The van der Waals surface area contributed by atoms with E-state index in [1.807, 2.05) is 0 Å². The van der Waals surface area contributed by atoms with E-state index >= 15 is 0 Å². The number of hydrogen-bond donors (Lipinski definition) is 0. The predicted molar refractivity (Wildman–Crippen MR) is 30.3 cm³/mol. The van der Waals surface area contributed by atoms with Gasteiger partial charge >= 0.3 is 0 Å². The molecule has 7 heavy (non-hydrogen) atoms. The Bertz CT molecular complexity index is 111. The smallest absolute Gasteiger partial charge is 0.0969 e. The Morgan fingerprint density at radius 3 is 2.43 bits per heavy atom. The Hall–Kier alpha value is -0.190. The van der Waals surface area contributed by atoms with Crippen molar-refractivity contribution in [1.82, 2.24) is 0 Å². The normalized spacial score (nSPS) is 10.7. The number of hydrogen-bond acceptors (Lipinski definition) is 1. The molecule has 0 aromatic rings. The number of nitriles is 1. The van der Waals surface area contributed by atoms with Crippen LogP contribution in [0.15, 0.2) is 11.1 Å². The molecule has 38 valence electrons. The van der Waals surface area contributed by atoms with Crippen molar-refractivity contribution in [2.45, 2.75) is 0 Å². The van der Waals surface area contributed by atoms with Gasteiger partial charge in [0, 0.05) is 5.54 Å². The van der Waals surface area contributed by atoms with E-state index in [4.69, 9.17) is 28.5 Å². The molecule has 0 unspecified atom stereocenters. The fraction of sp³-hybridized carbons (Fsp3) is 0.250. The highest BCUT2D eigenvalue weighted by Gasteiger charge is 1.85. The van der Waals surface area contributed by atoms with Crippen LogP contribution in [-0.4, -0.2) is 5.88 Å². The van der Waals surface area contributed by atoms with Crippen LogP contribution in [0.2, 0.25) is 0 Å². The highest BCUT2D eigenvalue weighted by atomic mass is 35.5. The maximum Gasteiger partial charge on any atom is 0.0969 e. The second kappa shape index (κ2) is 3.98. The molecular formula is C4H3Cl2N. The minimum Gasteiger partial charge on any atom is -0.193 e. The zero-order valence-corrected chi connectivity index (χ0v) is 5.00. The molecule has 0 spiro atoms. The standard InChI is InChI=1S/C4H3Cl2N/c5-1-4(2-6)3-7/h1H,2H2/b4-1-. The molecule has 3 heteroatoms. The van der Waals surface area contributed by atoms with E-state index in [2.05, 4.69) is 0 Å². The number of nitrogens with zero attached hydrogens (tertiary/aromatic N) is 1. The Balaban J connectivity index is 3.68. The minimum absolute atomic E-state index is 0.194. The first kappa shape index (κ1) is 6.81. The SMILES string of the molecule is N#C/C(=C\Cl)CCl. The van der Waals surface area contributed by atoms with Crippen molar-refractivity contribution in [2.75, 3.05) is 5.88 Å². The van der Waals surface area contributed by atoms with E-state index in [0.29, 0.717) is 5.57 Å². The Labute approximate surface area is 52.1 Å². The molecule has 0 aliphatic carbocycles. The van der Waals surface area contributed by atoms with Crippen LogP contribution in [0.1, 0.15) is 0 Å². The average molecular weight is 136 g/mol. The lowest BCUT2D eigenvalue weighted by molar-refractivity contribution is 1.46. The fourth-order valence-electron chi connectivity index (χ4n) is 0.0834. The maximum atomic E-state index is 8.04. The van der Waals surface area contributed by atoms with Crippen molar-refractivity contribution in [3.8, 4) is 6.07 Å². The topological polar surface area (TPSA) is 23.8 Å². The molecule has 0 saturated carbocycles. The van der Waals surface area contributed by atoms with Gasteiger partial charge < -0.3 is 0 Å². The monoisotopic (exact) mass is 135 g/mol. The zero-order valence-electron chi connectivity index (χ0n) is 3.49. The van der Waals surface area contributed by atoms with Gasteiger partial charge in [0.05, 0.1) is 17.5 Å². The van der Waals surface area contributed by atoms with E-state index in [1.54, 1.807) is 6.07 Å². The molecule has 0 atom stereocenters. The summed E-state index contributed by atoms with van der Waals surface area (Å²) in [5, 5.41) is 8.04. The summed E-state index contributed by atoms with van der Waals surface area (Å²) in [5.41, 5.74) is 1.57. The Morgan fingerprint density at radius 1 is 1.86 bits per heavy atom. The highest BCUT2D eigenvalue weighted by molar-refractivity contribution is 6.27. The van der Waals surface area contributed by atoms with Crippen LogP contribution in [0.5, 0.6) is 0 Å². The van der Waals surface area contributed by atoms with E-state index < -0.39 is 0 Å². The summed E-state index contributed by atoms with van der Waals surface area (Å²) in [6.45, 7) is 0. The van der Waals surface area contributed by atoms with Gasteiger partial charge in [0.1, 0.15) is 0 Å². The molecule has 0 amide bonds. The molecular weight excluding hydrogens is 133 g/mol. The first-order chi connectivity index (χ1) is 3.35. The van der Waals surface area contributed by atoms with Crippen molar-refractivity contribution in [1.29, 1.82) is 5.26 Å². The van der Waals surface area contributed by atoms with Crippen molar-refractivity contribution in [2.24, 2.45) is 0 Å². The van der Waals surface area contributed by atoms with Crippen LogP contribution in [0.4, 0.5) is 0 Å². The number of rotatable bonds is 1. The van der Waals surface area contributed by atoms with Crippen LogP contribution >= 0.6 is 23.2 Å². The second-order valence-electron chi connectivity index (χ2n) is 0.880. The number of allylic oxidation sites excluding steroid dienone is 1. The number of alkyl halides is 1. The molecule has 0 aliphatic rings. The molecule has 0 N–H and O–H groups in total. The summed E-state index contributed by atoms with van der Waals surface area (Å²) in [6.07, 6.45) is 0. The third-order valence-corrected chi connectivity index (χ3v) is 0.971. The lowest BCUT2D eigenvalue weighted by Gasteiger charge is -1.77. The van der Waals surface area contributed by atoms with Gasteiger partial charge in [0.25, 0.3) is 0 Å². The molecule has 0 aromatic carbocycles. The van der Waals surface area contributed by atoms with Crippen LogP contribution in [0.3, 0.4) is 0 Å². The van der Waals surface area contributed by atoms with Gasteiger partial charge in [-0.25, -0.2) is 0 Å². The second-order valence-corrected chi connectivity index (χ2v) is 1.37. The Morgan fingerprint density at radius 2 is 2.43 bits per heavy atom. The lowest BCUT2D eigenvalue weighted by Crippen LogP contribution is -1.73. The summed E-state index contributed by atoms with van der Waals surface area (Å²) < 4.78 is 0. The van der Waals surface area contributed by atoms with E-state index in [9.17, 15) is 0 Å². The first-order valence-electron chi connectivity index (χ1n) is 1.60. The van der Waals surface area contributed by atoms with Gasteiger partial charge in [-0.2, -0.15) is 5.26 Å². The first-order valence-corrected chi connectivity index (χ1v) is 2.57. The molecule has 0 saturated heterocycles. The van der Waals surface area contributed by atoms with Gasteiger partial charge in [-0.05, 0) is 0 Å². The molecule has 0 heterocycles. The van der Waals surface area contributed by atoms with Gasteiger partial charge in [0.15, 0.2) is 0 Å². The fourth-order valence-corrected chi connectivity index (χ4v) is 0.425. The molecule has 0 rings (SSSR count). The summed E-state index contributed by atoms with van der Waals surface area (Å²) in [6, 6.07) is 1.80. The lowest BCUT2D eigenvalue weighted by atomic mass is 10.4. The van der Waals surface area contributed by atoms with Gasteiger partial charge in [-0.15, -0.1) is 11.6 Å². The molecule has 0 radical (unpaired) electrons. The molecule has 0 aliphatic heterocycles. The average Bonchev–Trinajstić information content (AvgIpc) is 1.72. The van der Waals surface area contributed by atoms with Crippen LogP contribution in [0, 0.1) is 11.3 Å². The molecule has 0 aromatic heterocycles. The van der Waals surface area contributed by atoms with Crippen molar-refractivity contribution in [3.05, 3.63) is 11.1 Å². The predicted octanol–water partition coefficient (Wildman–Crippen LogP) is 1.87. The third kappa shape index (κ3) is 2.50.